The van der Waals surface area contributed by atoms with E-state index in [1.165, 1.54) is 23.3 Å². The minimum atomic E-state index is -0.696. The first-order valence-electron chi connectivity index (χ1n) is 4.98. The number of carbonyl (C=O) groups excluding carboxylic acids is 3. The van der Waals surface area contributed by atoms with E-state index in [0.717, 1.165) is 0 Å². The predicted octanol–water partition coefficient (Wildman–Crippen LogP) is -0.647. The van der Waals surface area contributed by atoms with E-state index in [2.05, 4.69) is 4.84 Å². The molecule has 0 radical (unpaired) electrons. The van der Waals surface area contributed by atoms with Gasteiger partial charge in [0.1, 0.15) is 6.54 Å². The van der Waals surface area contributed by atoms with E-state index in [9.17, 15) is 14.4 Å². The minimum absolute atomic E-state index is 0.171. The zero-order valence-corrected chi connectivity index (χ0v) is 10.5. The number of carbonyl (C=O) groups is 3. The lowest BCUT2D eigenvalue weighted by Crippen LogP contribution is -2.39. The fraction of sp³-hybridized carbons (Fsp3) is 0.300. The smallest absolute Gasteiger partial charge is 0.264 e. The molecule has 3 amide bonds. The number of nitrogens with one attached hydrogen (secondary N) is 1. The maximum atomic E-state index is 11.8. The standard InChI is InChI=1S/C10H13N3O4S/c1-13(10(16)7-3-2-4-18-7)5-9(15)12-17-6-8(11)14/h2-4H,5-6H2,1H3,(H2,11,14)(H,12,15). The number of hydroxylamine groups is 1. The Bertz CT molecular complexity index is 432. The third-order valence-electron chi connectivity index (χ3n) is 1.86. The van der Waals surface area contributed by atoms with E-state index in [1.807, 2.05) is 5.48 Å². The van der Waals surface area contributed by atoms with E-state index >= 15 is 0 Å². The van der Waals surface area contributed by atoms with E-state index < -0.39 is 18.4 Å². The summed E-state index contributed by atoms with van der Waals surface area (Å²) in [5.74, 6) is -1.49. The zero-order valence-electron chi connectivity index (χ0n) is 9.71. The summed E-state index contributed by atoms with van der Waals surface area (Å²) in [6, 6.07) is 3.42. The first kappa shape index (κ1) is 14.1. The Balaban J connectivity index is 2.35. The van der Waals surface area contributed by atoms with Crippen molar-refractivity contribution < 1.29 is 19.2 Å². The van der Waals surface area contributed by atoms with Crippen molar-refractivity contribution in [2.24, 2.45) is 5.73 Å². The normalized spacial score (nSPS) is 9.83. The quantitative estimate of drug-likeness (QED) is 0.671. The Hall–Kier alpha value is -1.93. The lowest BCUT2D eigenvalue weighted by Gasteiger charge is -2.15. The van der Waals surface area contributed by atoms with Crippen molar-refractivity contribution in [1.29, 1.82) is 0 Å². The molecule has 0 bridgehead atoms. The SMILES string of the molecule is CN(CC(=O)NOCC(N)=O)C(=O)c1cccs1. The molecular formula is C10H13N3O4S. The van der Waals surface area contributed by atoms with Gasteiger partial charge in [-0.05, 0) is 11.4 Å². The number of likely N-dealkylation sites (N-methyl/N-ethyl adjacent to an activating group) is 1. The largest absolute Gasteiger partial charge is 0.368 e. The van der Waals surface area contributed by atoms with Gasteiger partial charge in [-0.3, -0.25) is 19.2 Å². The molecule has 98 valence electrons. The maximum absolute atomic E-state index is 11.8. The fourth-order valence-corrected chi connectivity index (χ4v) is 1.81. The van der Waals surface area contributed by atoms with Gasteiger partial charge in [-0.25, -0.2) is 5.48 Å². The number of hydrogen-bond acceptors (Lipinski definition) is 5. The highest BCUT2D eigenvalue weighted by atomic mass is 32.1. The average molecular weight is 271 g/mol. The fourth-order valence-electron chi connectivity index (χ4n) is 1.10. The second-order valence-electron chi connectivity index (χ2n) is 3.42. The number of hydrogen-bond donors (Lipinski definition) is 2. The van der Waals surface area contributed by atoms with Crippen molar-refractivity contribution in [3.63, 3.8) is 0 Å². The van der Waals surface area contributed by atoms with Crippen LogP contribution in [0.5, 0.6) is 0 Å². The Kier molecular flexibility index (Phi) is 5.28. The molecule has 0 aliphatic heterocycles. The summed E-state index contributed by atoms with van der Waals surface area (Å²) >= 11 is 1.29. The van der Waals surface area contributed by atoms with Crippen molar-refractivity contribution in [3.05, 3.63) is 22.4 Å². The highest BCUT2D eigenvalue weighted by molar-refractivity contribution is 7.12. The molecule has 0 unspecified atom stereocenters. The number of amides is 3. The Morgan fingerprint density at radius 1 is 1.50 bits per heavy atom. The van der Waals surface area contributed by atoms with Gasteiger partial charge >= 0.3 is 0 Å². The van der Waals surface area contributed by atoms with Crippen LogP contribution in [0.1, 0.15) is 9.67 Å². The predicted molar refractivity (Wildman–Crippen MR) is 64.6 cm³/mol. The van der Waals surface area contributed by atoms with Crippen LogP contribution >= 0.6 is 11.3 Å². The molecule has 0 spiro atoms. The van der Waals surface area contributed by atoms with E-state index in [1.54, 1.807) is 17.5 Å². The molecule has 0 atom stereocenters. The van der Waals surface area contributed by atoms with Crippen molar-refractivity contribution >= 4 is 29.1 Å². The lowest BCUT2D eigenvalue weighted by molar-refractivity contribution is -0.138. The summed E-state index contributed by atoms with van der Waals surface area (Å²) in [6.45, 7) is -0.580. The number of thiophene rings is 1. The molecular weight excluding hydrogens is 258 g/mol. The van der Waals surface area contributed by atoms with Crippen LogP contribution in [0.15, 0.2) is 17.5 Å². The van der Waals surface area contributed by atoms with Crippen LogP contribution in [-0.2, 0) is 14.4 Å². The van der Waals surface area contributed by atoms with Crippen LogP contribution in [0, 0.1) is 0 Å². The van der Waals surface area contributed by atoms with Gasteiger partial charge in [-0.2, -0.15) is 0 Å². The molecule has 3 N–H and O–H groups in total. The van der Waals surface area contributed by atoms with Crippen LogP contribution in [0.25, 0.3) is 0 Å². The summed E-state index contributed by atoms with van der Waals surface area (Å²) in [4.78, 5) is 39.8. The average Bonchev–Trinajstić information content (AvgIpc) is 2.80. The van der Waals surface area contributed by atoms with Crippen LogP contribution in [0.3, 0.4) is 0 Å². The molecule has 0 aromatic carbocycles. The van der Waals surface area contributed by atoms with Crippen molar-refractivity contribution in [2.45, 2.75) is 0 Å². The molecule has 8 heteroatoms. The number of nitrogens with two attached hydrogens (primary N) is 1. The lowest BCUT2D eigenvalue weighted by atomic mass is 10.4. The molecule has 1 heterocycles. The zero-order chi connectivity index (χ0) is 13.5. The van der Waals surface area contributed by atoms with Gasteiger partial charge in [0.15, 0.2) is 6.61 Å². The van der Waals surface area contributed by atoms with Crippen molar-refractivity contribution in [1.82, 2.24) is 10.4 Å². The Morgan fingerprint density at radius 3 is 2.78 bits per heavy atom. The van der Waals surface area contributed by atoms with Gasteiger partial charge < -0.3 is 10.6 Å². The van der Waals surface area contributed by atoms with Crippen molar-refractivity contribution in [2.75, 3.05) is 20.2 Å². The molecule has 18 heavy (non-hydrogen) atoms. The van der Waals surface area contributed by atoms with Gasteiger partial charge in [0.05, 0.1) is 4.88 Å². The molecule has 0 fully saturated rings. The van der Waals surface area contributed by atoms with Gasteiger partial charge in [0.25, 0.3) is 11.8 Å². The number of primary amides is 1. The molecule has 0 saturated heterocycles. The third-order valence-corrected chi connectivity index (χ3v) is 2.72. The van der Waals surface area contributed by atoms with E-state index in [4.69, 9.17) is 5.73 Å². The molecule has 1 rings (SSSR count). The number of rotatable bonds is 6. The van der Waals surface area contributed by atoms with Crippen LogP contribution < -0.4 is 11.2 Å². The van der Waals surface area contributed by atoms with Crippen molar-refractivity contribution in [3.8, 4) is 0 Å². The van der Waals surface area contributed by atoms with Gasteiger partial charge in [-0.1, -0.05) is 6.07 Å². The second kappa shape index (κ2) is 6.72. The third kappa shape index (κ3) is 4.52. The van der Waals surface area contributed by atoms with Crippen LogP contribution in [0.2, 0.25) is 0 Å². The van der Waals surface area contributed by atoms with E-state index in [0.29, 0.717) is 4.88 Å². The summed E-state index contributed by atoms with van der Waals surface area (Å²) in [7, 11) is 1.50. The topological polar surface area (TPSA) is 102 Å². The van der Waals surface area contributed by atoms with Gasteiger partial charge in [0.2, 0.25) is 5.91 Å². The summed E-state index contributed by atoms with van der Waals surface area (Å²) < 4.78 is 0. The number of nitrogens with zero attached hydrogens (tertiary/aromatic N) is 1. The second-order valence-corrected chi connectivity index (χ2v) is 4.37. The first-order valence-corrected chi connectivity index (χ1v) is 5.86. The van der Waals surface area contributed by atoms with E-state index in [-0.39, 0.29) is 12.5 Å². The maximum Gasteiger partial charge on any atom is 0.264 e. The first-order chi connectivity index (χ1) is 8.50. The molecule has 1 aromatic heterocycles. The molecule has 7 nitrogen and oxygen atoms in total. The van der Waals surface area contributed by atoms with Gasteiger partial charge in [0, 0.05) is 7.05 Å². The highest BCUT2D eigenvalue weighted by Gasteiger charge is 2.15. The summed E-state index contributed by atoms with van der Waals surface area (Å²) in [5.41, 5.74) is 6.83. The van der Waals surface area contributed by atoms with Gasteiger partial charge in [-0.15, -0.1) is 11.3 Å². The minimum Gasteiger partial charge on any atom is -0.368 e. The molecule has 1 aromatic rings. The van der Waals surface area contributed by atoms with Crippen LogP contribution in [-0.4, -0.2) is 42.8 Å². The van der Waals surface area contributed by atoms with Crippen LogP contribution in [0.4, 0.5) is 0 Å². The molecule has 0 aliphatic carbocycles. The molecule has 0 aliphatic rings. The monoisotopic (exact) mass is 271 g/mol. The Labute approximate surface area is 107 Å². The summed E-state index contributed by atoms with van der Waals surface area (Å²) in [5, 5.41) is 1.77. The highest BCUT2D eigenvalue weighted by Crippen LogP contribution is 2.10. The Morgan fingerprint density at radius 2 is 2.22 bits per heavy atom. The summed E-state index contributed by atoms with van der Waals surface area (Å²) in [6.07, 6.45) is 0. The molecule has 0 saturated carbocycles.